The van der Waals surface area contributed by atoms with E-state index < -0.39 is 5.82 Å². The smallest absolute Gasteiger partial charge is 0.255 e. The van der Waals surface area contributed by atoms with Crippen molar-refractivity contribution in [2.75, 3.05) is 6.54 Å². The van der Waals surface area contributed by atoms with Crippen LogP contribution in [-0.2, 0) is 19.4 Å². The van der Waals surface area contributed by atoms with Crippen LogP contribution in [-0.4, -0.2) is 47.6 Å². The van der Waals surface area contributed by atoms with E-state index in [0.717, 1.165) is 39.0 Å². The Balaban J connectivity index is 1.09. The number of aromatic nitrogens is 5. The van der Waals surface area contributed by atoms with Crippen LogP contribution in [0.2, 0.25) is 0 Å². The van der Waals surface area contributed by atoms with Crippen LogP contribution >= 0.6 is 0 Å². The summed E-state index contributed by atoms with van der Waals surface area (Å²) in [6, 6.07) is 21.4. The Labute approximate surface area is 246 Å². The van der Waals surface area contributed by atoms with Gasteiger partial charge in [0.15, 0.2) is 17.4 Å². The summed E-state index contributed by atoms with van der Waals surface area (Å²) in [5.41, 5.74) is 6.09. The molecule has 1 amide bonds. The van der Waals surface area contributed by atoms with Crippen LogP contribution in [0.4, 0.5) is 4.39 Å². The molecule has 214 valence electrons. The second-order valence-corrected chi connectivity index (χ2v) is 10.4. The van der Waals surface area contributed by atoms with E-state index >= 15 is 0 Å². The summed E-state index contributed by atoms with van der Waals surface area (Å²) in [7, 11) is 0. The van der Waals surface area contributed by atoms with Crippen molar-refractivity contribution < 1.29 is 19.0 Å². The van der Waals surface area contributed by atoms with E-state index in [1.807, 2.05) is 55.5 Å². The monoisotopic (exact) mass is 574 g/mol. The quantitative estimate of drug-likeness (QED) is 0.211. The third-order valence-corrected chi connectivity index (χ3v) is 7.72. The number of amides is 1. The number of aryl methyl sites for hydroxylation is 1. The number of ether oxygens (including phenoxy) is 1. The molecule has 7 rings (SSSR count). The van der Waals surface area contributed by atoms with Gasteiger partial charge in [-0.05, 0) is 65.6 Å². The predicted octanol–water partition coefficient (Wildman–Crippen LogP) is 6.41. The van der Waals surface area contributed by atoms with E-state index in [1.54, 1.807) is 17.0 Å². The number of hydrogen-bond acceptors (Lipinski definition) is 6. The molecule has 3 aromatic heterocycles. The molecule has 0 bridgehead atoms. The topological polar surface area (TPSA) is 120 Å². The van der Waals surface area contributed by atoms with Gasteiger partial charge in [-0.25, -0.2) is 14.4 Å². The van der Waals surface area contributed by atoms with Crippen molar-refractivity contribution in [1.82, 2.24) is 30.0 Å². The van der Waals surface area contributed by atoms with Crippen molar-refractivity contribution in [3.8, 4) is 40.0 Å². The van der Waals surface area contributed by atoms with Gasteiger partial charge in [0.1, 0.15) is 11.4 Å². The molecule has 0 saturated carbocycles. The minimum Gasteiger partial charge on any atom is -0.505 e. The van der Waals surface area contributed by atoms with Crippen molar-refractivity contribution in [2.24, 2.45) is 0 Å². The minimum atomic E-state index is -0.656. The lowest BCUT2D eigenvalue weighted by atomic mass is 9.96. The lowest BCUT2D eigenvalue weighted by molar-refractivity contribution is 0.0731. The van der Waals surface area contributed by atoms with E-state index in [1.165, 1.54) is 18.3 Å². The molecule has 1 aliphatic rings. The van der Waals surface area contributed by atoms with E-state index in [0.29, 0.717) is 54.6 Å². The number of imidazole rings is 1. The molecule has 0 saturated heterocycles. The number of H-pyrrole nitrogens is 2. The molecule has 1 aliphatic heterocycles. The molecule has 9 nitrogen and oxygen atoms in total. The molecule has 0 aliphatic carbocycles. The van der Waals surface area contributed by atoms with Crippen molar-refractivity contribution >= 4 is 16.8 Å². The third kappa shape index (κ3) is 4.97. The molecule has 0 fully saturated rings. The number of fused-ring (bicyclic) bond motifs is 2. The van der Waals surface area contributed by atoms with Gasteiger partial charge in [0.2, 0.25) is 5.88 Å². The fourth-order valence-corrected chi connectivity index (χ4v) is 5.47. The number of para-hydroxylation sites is 1. The van der Waals surface area contributed by atoms with Gasteiger partial charge >= 0.3 is 0 Å². The molecule has 0 unspecified atom stereocenters. The lowest BCUT2D eigenvalue weighted by Crippen LogP contribution is -2.36. The largest absolute Gasteiger partial charge is 0.505 e. The van der Waals surface area contributed by atoms with Gasteiger partial charge in [-0.2, -0.15) is 5.10 Å². The highest BCUT2D eigenvalue weighted by atomic mass is 19.1. The van der Waals surface area contributed by atoms with Crippen LogP contribution in [0.5, 0.6) is 17.4 Å². The maximum atomic E-state index is 14.2. The van der Waals surface area contributed by atoms with Gasteiger partial charge in [0.05, 0.1) is 23.3 Å². The highest BCUT2D eigenvalue weighted by Crippen LogP contribution is 2.34. The highest BCUT2D eigenvalue weighted by Gasteiger charge is 2.26. The fourth-order valence-electron chi connectivity index (χ4n) is 5.47. The molecule has 3 aromatic carbocycles. The maximum Gasteiger partial charge on any atom is 0.255 e. The normalized spacial score (nSPS) is 12.8. The van der Waals surface area contributed by atoms with Crippen molar-refractivity contribution in [2.45, 2.75) is 26.3 Å². The highest BCUT2D eigenvalue weighted by molar-refractivity contribution is 5.95. The number of aromatic hydroxyl groups is 1. The molecule has 4 heterocycles. The van der Waals surface area contributed by atoms with Crippen LogP contribution in [0.3, 0.4) is 0 Å². The van der Waals surface area contributed by atoms with Gasteiger partial charge in [0.25, 0.3) is 5.91 Å². The molecule has 0 spiro atoms. The number of carbonyl (C=O) groups is 1. The number of pyridine rings is 1. The zero-order valence-electron chi connectivity index (χ0n) is 23.3. The first-order valence-corrected chi connectivity index (χ1v) is 14.0. The van der Waals surface area contributed by atoms with Gasteiger partial charge in [-0.15, -0.1) is 0 Å². The standard InChI is InChI=1S/C33H27FN6O3/c1-2-19-15-29(41)25(34)16-24(19)20-8-10-23-27(14-20)38-39-31(23)32-36-26-12-13-40(18-28(26)37-32)33(42)21-9-11-30(35-17-21)43-22-6-4-3-5-7-22/h3-11,14-17,41H,2,12-13,18H2,1H3,(H,36,37)(H,38,39). The number of aromatic amines is 2. The SMILES string of the molecule is CCc1cc(O)c(F)cc1-c1ccc2c(-c3nc4c([nH]3)CCN(C(=O)c3ccc(Oc5ccccc5)nc3)C4)n[nH]c2c1. The first-order valence-electron chi connectivity index (χ1n) is 14.0. The van der Waals surface area contributed by atoms with Gasteiger partial charge in [-0.3, -0.25) is 9.89 Å². The second-order valence-electron chi connectivity index (χ2n) is 10.4. The Hall–Kier alpha value is -5.51. The molecular weight excluding hydrogens is 547 g/mol. The van der Waals surface area contributed by atoms with Gasteiger partial charge < -0.3 is 19.7 Å². The van der Waals surface area contributed by atoms with E-state index in [9.17, 15) is 14.3 Å². The molecule has 10 heteroatoms. The summed E-state index contributed by atoms with van der Waals surface area (Å²) in [6.07, 6.45) is 2.82. The first-order chi connectivity index (χ1) is 21.0. The molecule has 3 N–H and O–H groups in total. The van der Waals surface area contributed by atoms with Gasteiger partial charge in [-0.1, -0.05) is 31.2 Å². The fraction of sp³-hybridized carbons (Fsp3) is 0.152. The molecule has 0 atom stereocenters. The molecule has 6 aromatic rings. The van der Waals surface area contributed by atoms with E-state index in [2.05, 4.69) is 20.2 Å². The first kappa shape index (κ1) is 26.4. The predicted molar refractivity (Wildman–Crippen MR) is 159 cm³/mol. The Morgan fingerprint density at radius 3 is 2.74 bits per heavy atom. The van der Waals surface area contributed by atoms with Crippen molar-refractivity contribution in [1.29, 1.82) is 0 Å². The van der Waals surface area contributed by atoms with Crippen LogP contribution in [0.25, 0.3) is 33.5 Å². The van der Waals surface area contributed by atoms with Crippen LogP contribution in [0.1, 0.15) is 34.2 Å². The minimum absolute atomic E-state index is 0.121. The number of phenolic OH excluding ortho intramolecular Hbond substituents is 1. The number of carbonyl (C=O) groups excluding carboxylic acids is 1. The zero-order valence-corrected chi connectivity index (χ0v) is 23.3. The van der Waals surface area contributed by atoms with Crippen molar-refractivity contribution in [3.05, 3.63) is 107 Å². The maximum absolute atomic E-state index is 14.2. The average Bonchev–Trinajstić information content (AvgIpc) is 3.66. The number of hydrogen-bond donors (Lipinski definition) is 3. The van der Waals surface area contributed by atoms with Crippen molar-refractivity contribution in [3.63, 3.8) is 0 Å². The van der Waals surface area contributed by atoms with Crippen LogP contribution in [0, 0.1) is 5.82 Å². The summed E-state index contributed by atoms with van der Waals surface area (Å²) >= 11 is 0. The van der Waals surface area contributed by atoms with E-state index in [-0.39, 0.29) is 11.7 Å². The Morgan fingerprint density at radius 1 is 1.09 bits per heavy atom. The van der Waals surface area contributed by atoms with Gasteiger partial charge in [0, 0.05) is 36.3 Å². The second kappa shape index (κ2) is 10.7. The summed E-state index contributed by atoms with van der Waals surface area (Å²) < 4.78 is 19.9. The average molecular weight is 575 g/mol. The number of rotatable bonds is 6. The van der Waals surface area contributed by atoms with Crippen LogP contribution < -0.4 is 4.74 Å². The molecule has 43 heavy (non-hydrogen) atoms. The zero-order chi connectivity index (χ0) is 29.5. The Kier molecular flexibility index (Phi) is 6.58. The van der Waals surface area contributed by atoms with E-state index in [4.69, 9.17) is 9.72 Å². The van der Waals surface area contributed by atoms with Crippen LogP contribution in [0.15, 0.2) is 79.0 Å². The number of nitrogens with one attached hydrogen (secondary N) is 2. The molecular formula is C33H27FN6O3. The Morgan fingerprint density at radius 2 is 1.95 bits per heavy atom. The summed E-state index contributed by atoms with van der Waals surface area (Å²) in [5.74, 6) is 0.582. The summed E-state index contributed by atoms with van der Waals surface area (Å²) in [5, 5.41) is 18.3. The molecule has 0 radical (unpaired) electrons. The number of nitrogens with zero attached hydrogens (tertiary/aromatic N) is 4. The number of benzene rings is 3. The Bertz CT molecular complexity index is 1970. The number of phenols is 1. The number of halogens is 1. The summed E-state index contributed by atoms with van der Waals surface area (Å²) in [4.78, 5) is 27.6. The summed E-state index contributed by atoms with van der Waals surface area (Å²) in [6.45, 7) is 2.88. The third-order valence-electron chi connectivity index (χ3n) is 7.72. The lowest BCUT2D eigenvalue weighted by Gasteiger charge is -2.26.